The Morgan fingerprint density at radius 2 is 1.74 bits per heavy atom. The number of hydrogen-bond acceptors (Lipinski definition) is 5. The van der Waals surface area contributed by atoms with E-state index in [0.717, 1.165) is 0 Å². The Hall–Kier alpha value is -2.97. The summed E-state index contributed by atoms with van der Waals surface area (Å²) in [5, 5.41) is 0.319. The van der Waals surface area contributed by atoms with Crippen LogP contribution in [0.4, 0.5) is 4.39 Å². The fourth-order valence-corrected chi connectivity index (χ4v) is 3.42. The average Bonchev–Trinajstić information content (AvgIpc) is 2.75. The molecule has 0 spiro atoms. The van der Waals surface area contributed by atoms with Crippen molar-refractivity contribution >= 4 is 46.8 Å². The molecule has 9 heteroatoms. The molecular formula is C22H20ClFN2O4S. The van der Waals surface area contributed by atoms with Crippen molar-refractivity contribution in [2.45, 2.75) is 13.5 Å². The molecule has 6 nitrogen and oxygen atoms in total. The second kappa shape index (κ2) is 9.45. The van der Waals surface area contributed by atoms with Gasteiger partial charge in [0, 0.05) is 19.7 Å². The number of thiocarbonyl (C=S) groups is 1. The monoisotopic (exact) mass is 462 g/mol. The number of ether oxygens (including phenoxy) is 2. The van der Waals surface area contributed by atoms with Gasteiger partial charge in [0.25, 0.3) is 11.8 Å². The molecule has 0 N–H and O–H groups in total. The number of halogens is 2. The van der Waals surface area contributed by atoms with E-state index in [1.54, 1.807) is 37.3 Å². The molecule has 0 radical (unpaired) electrons. The summed E-state index contributed by atoms with van der Waals surface area (Å²) in [6.45, 7) is 2.07. The number of rotatable bonds is 6. The lowest BCUT2D eigenvalue weighted by molar-refractivity contribution is -0.132. The number of likely N-dealkylation sites (N-methyl/N-ethyl adjacent to an activating group) is 2. The second-order valence-electron chi connectivity index (χ2n) is 6.71. The third-order valence-corrected chi connectivity index (χ3v) is 5.44. The van der Waals surface area contributed by atoms with Gasteiger partial charge in [0.1, 0.15) is 18.0 Å². The van der Waals surface area contributed by atoms with Gasteiger partial charge in [-0.3, -0.25) is 19.4 Å². The number of nitrogens with zero attached hydrogens (tertiary/aromatic N) is 2. The van der Waals surface area contributed by atoms with Crippen LogP contribution in [0.25, 0.3) is 6.08 Å². The minimum absolute atomic E-state index is 0.0447. The fourth-order valence-electron chi connectivity index (χ4n) is 2.98. The first-order chi connectivity index (χ1) is 14.7. The zero-order valence-corrected chi connectivity index (χ0v) is 18.7. The summed E-state index contributed by atoms with van der Waals surface area (Å²) in [6, 6.07) is 9.40. The Kier molecular flexibility index (Phi) is 6.92. The highest BCUT2D eigenvalue weighted by atomic mass is 35.5. The summed E-state index contributed by atoms with van der Waals surface area (Å²) in [5.74, 6) is -0.862. The van der Waals surface area contributed by atoms with Gasteiger partial charge in [0.05, 0.1) is 11.6 Å². The molecule has 162 valence electrons. The molecule has 0 unspecified atom stereocenters. The van der Waals surface area contributed by atoms with E-state index < -0.39 is 17.6 Å². The van der Waals surface area contributed by atoms with Crippen LogP contribution in [0.1, 0.15) is 18.1 Å². The van der Waals surface area contributed by atoms with Crippen LogP contribution in [0.3, 0.4) is 0 Å². The van der Waals surface area contributed by atoms with Gasteiger partial charge in [0.2, 0.25) is 0 Å². The highest BCUT2D eigenvalue weighted by Crippen LogP contribution is 2.38. The van der Waals surface area contributed by atoms with E-state index in [2.05, 4.69) is 0 Å². The van der Waals surface area contributed by atoms with Gasteiger partial charge in [-0.25, -0.2) is 4.39 Å². The molecule has 0 aromatic heterocycles. The van der Waals surface area contributed by atoms with Crippen LogP contribution < -0.4 is 9.47 Å². The number of benzene rings is 2. The van der Waals surface area contributed by atoms with E-state index in [4.69, 9.17) is 33.3 Å². The van der Waals surface area contributed by atoms with E-state index in [9.17, 15) is 14.0 Å². The van der Waals surface area contributed by atoms with Crippen molar-refractivity contribution in [2.75, 3.05) is 20.7 Å². The molecule has 1 aliphatic heterocycles. The quantitative estimate of drug-likeness (QED) is 0.368. The number of hydrogen-bond donors (Lipinski definition) is 0. The number of amides is 2. The molecule has 1 saturated heterocycles. The predicted molar refractivity (Wildman–Crippen MR) is 119 cm³/mol. The van der Waals surface area contributed by atoms with Gasteiger partial charge in [-0.2, -0.15) is 0 Å². The van der Waals surface area contributed by atoms with Crippen molar-refractivity contribution in [1.82, 2.24) is 9.80 Å². The fraction of sp³-hybridized carbons (Fsp3) is 0.227. The normalized spacial score (nSPS) is 14.2. The van der Waals surface area contributed by atoms with Crippen LogP contribution in [0.5, 0.6) is 11.5 Å². The van der Waals surface area contributed by atoms with Gasteiger partial charge in [0.15, 0.2) is 16.6 Å². The lowest BCUT2D eigenvalue weighted by Crippen LogP contribution is -2.52. The van der Waals surface area contributed by atoms with Crippen LogP contribution >= 0.6 is 23.8 Å². The van der Waals surface area contributed by atoms with E-state index in [1.807, 2.05) is 0 Å². The summed E-state index contributed by atoms with van der Waals surface area (Å²) in [7, 11) is 3.00. The number of carbonyl (C=O) groups is 2. The maximum atomic E-state index is 13.9. The smallest absolute Gasteiger partial charge is 0.265 e. The Balaban J connectivity index is 1.95. The molecule has 3 rings (SSSR count). The van der Waals surface area contributed by atoms with Crippen LogP contribution in [-0.2, 0) is 16.2 Å². The van der Waals surface area contributed by atoms with Crippen LogP contribution in [0.2, 0.25) is 5.02 Å². The maximum absolute atomic E-state index is 13.9. The van der Waals surface area contributed by atoms with E-state index in [-0.39, 0.29) is 28.1 Å². The van der Waals surface area contributed by atoms with Crippen LogP contribution in [0, 0.1) is 5.82 Å². The van der Waals surface area contributed by atoms with Gasteiger partial charge in [-0.05, 0) is 49.0 Å². The van der Waals surface area contributed by atoms with Gasteiger partial charge in [-0.15, -0.1) is 0 Å². The molecule has 2 aromatic carbocycles. The highest BCUT2D eigenvalue weighted by molar-refractivity contribution is 7.80. The topological polar surface area (TPSA) is 59.1 Å². The minimum atomic E-state index is -0.512. The van der Waals surface area contributed by atoms with Crippen molar-refractivity contribution < 1.29 is 23.5 Å². The Morgan fingerprint density at radius 3 is 2.35 bits per heavy atom. The Morgan fingerprint density at radius 1 is 1.10 bits per heavy atom. The lowest BCUT2D eigenvalue weighted by Gasteiger charge is -2.31. The maximum Gasteiger partial charge on any atom is 0.265 e. The largest absolute Gasteiger partial charge is 0.490 e. The van der Waals surface area contributed by atoms with E-state index in [1.165, 1.54) is 36.0 Å². The first-order valence-electron chi connectivity index (χ1n) is 9.38. The van der Waals surface area contributed by atoms with Gasteiger partial charge in [-0.1, -0.05) is 29.8 Å². The molecule has 2 amide bonds. The zero-order valence-electron chi connectivity index (χ0n) is 17.1. The first kappa shape index (κ1) is 22.7. The summed E-state index contributed by atoms with van der Waals surface area (Å²) >= 11 is 11.5. The molecule has 31 heavy (non-hydrogen) atoms. The van der Waals surface area contributed by atoms with Gasteiger partial charge >= 0.3 is 0 Å². The van der Waals surface area contributed by atoms with Crippen molar-refractivity contribution in [1.29, 1.82) is 0 Å². The predicted octanol–water partition coefficient (Wildman–Crippen LogP) is 4.06. The molecular weight excluding hydrogens is 443 g/mol. The first-order valence-corrected chi connectivity index (χ1v) is 10.2. The van der Waals surface area contributed by atoms with Crippen molar-refractivity contribution in [3.05, 3.63) is 63.9 Å². The third kappa shape index (κ3) is 4.70. The minimum Gasteiger partial charge on any atom is -0.490 e. The summed E-state index contributed by atoms with van der Waals surface area (Å²) < 4.78 is 25.3. The molecule has 1 heterocycles. The van der Waals surface area contributed by atoms with Crippen molar-refractivity contribution in [2.24, 2.45) is 0 Å². The van der Waals surface area contributed by atoms with Crippen LogP contribution in [-0.4, -0.2) is 47.4 Å². The zero-order chi connectivity index (χ0) is 22.7. The molecule has 1 aliphatic rings. The molecule has 0 saturated carbocycles. The standard InChI is InChI=1S/C22H20ClFN2O4S/c1-4-29-18-11-13(9-15-20(27)25(2)22(31)26(3)21(15)28)10-16(23)19(18)30-12-14-7-5-6-8-17(14)24/h5-11H,4,12H2,1-3H3. The van der Waals surface area contributed by atoms with Gasteiger partial charge < -0.3 is 9.47 Å². The van der Waals surface area contributed by atoms with Crippen LogP contribution in [0.15, 0.2) is 42.0 Å². The van der Waals surface area contributed by atoms with E-state index in [0.29, 0.717) is 23.5 Å². The molecule has 2 aromatic rings. The summed E-state index contributed by atoms with van der Waals surface area (Å²) in [5.41, 5.74) is 0.780. The Labute approximate surface area is 189 Å². The lowest BCUT2D eigenvalue weighted by atomic mass is 10.1. The third-order valence-electron chi connectivity index (χ3n) is 4.62. The molecule has 0 bridgehead atoms. The Bertz CT molecular complexity index is 1060. The summed E-state index contributed by atoms with van der Waals surface area (Å²) in [6.07, 6.45) is 1.43. The molecule has 1 fully saturated rings. The highest BCUT2D eigenvalue weighted by Gasteiger charge is 2.35. The molecule has 0 atom stereocenters. The summed E-state index contributed by atoms with van der Waals surface area (Å²) in [4.78, 5) is 27.5. The SMILES string of the molecule is CCOc1cc(C=C2C(=O)N(C)C(=S)N(C)C2=O)cc(Cl)c1OCc1ccccc1F. The second-order valence-corrected chi connectivity index (χ2v) is 7.48. The van der Waals surface area contributed by atoms with Crippen molar-refractivity contribution in [3.8, 4) is 11.5 Å². The number of carbonyl (C=O) groups excluding carboxylic acids is 2. The average molecular weight is 463 g/mol. The molecule has 0 aliphatic carbocycles. The van der Waals surface area contributed by atoms with E-state index >= 15 is 0 Å². The van der Waals surface area contributed by atoms with Crippen molar-refractivity contribution in [3.63, 3.8) is 0 Å².